The van der Waals surface area contributed by atoms with E-state index in [1.54, 1.807) is 6.92 Å². The molecule has 0 aliphatic rings. The number of aliphatic hydroxyl groups is 1. The molecule has 0 spiro atoms. The Bertz CT molecular complexity index is 535. The molecule has 106 valence electrons. The highest BCUT2D eigenvalue weighted by Gasteiger charge is 2.17. The van der Waals surface area contributed by atoms with E-state index in [-0.39, 0.29) is 24.4 Å². The van der Waals surface area contributed by atoms with Gasteiger partial charge in [0.2, 0.25) is 5.91 Å². The van der Waals surface area contributed by atoms with E-state index in [0.29, 0.717) is 0 Å². The van der Waals surface area contributed by atoms with Crippen molar-refractivity contribution in [2.45, 2.75) is 24.8 Å². The van der Waals surface area contributed by atoms with E-state index in [4.69, 9.17) is 5.11 Å². The second-order valence-corrected chi connectivity index (χ2v) is 5.12. The van der Waals surface area contributed by atoms with Crippen LogP contribution in [0.5, 0.6) is 0 Å². The SMILES string of the molecule is CSC(CO)C(C)NC(=O)Cn1[nH]c(=O)ccc1=O. The van der Waals surface area contributed by atoms with Gasteiger partial charge in [-0.15, -0.1) is 0 Å². The fourth-order valence-corrected chi connectivity index (χ4v) is 2.18. The van der Waals surface area contributed by atoms with E-state index in [9.17, 15) is 14.4 Å². The number of aliphatic hydroxyl groups excluding tert-OH is 1. The Labute approximate surface area is 114 Å². The zero-order valence-corrected chi connectivity index (χ0v) is 11.6. The van der Waals surface area contributed by atoms with E-state index in [0.717, 1.165) is 16.8 Å². The number of hydrogen-bond acceptors (Lipinski definition) is 5. The van der Waals surface area contributed by atoms with Crippen molar-refractivity contribution in [3.05, 3.63) is 32.8 Å². The highest BCUT2D eigenvalue weighted by Crippen LogP contribution is 2.09. The van der Waals surface area contributed by atoms with Gasteiger partial charge in [-0.3, -0.25) is 19.5 Å². The first-order chi connectivity index (χ1) is 8.97. The van der Waals surface area contributed by atoms with Crippen molar-refractivity contribution in [2.24, 2.45) is 0 Å². The Balaban J connectivity index is 2.68. The van der Waals surface area contributed by atoms with Crippen molar-refractivity contribution in [3.63, 3.8) is 0 Å². The molecule has 2 atom stereocenters. The number of amides is 1. The van der Waals surface area contributed by atoms with Gasteiger partial charge in [0, 0.05) is 23.4 Å². The van der Waals surface area contributed by atoms with E-state index in [2.05, 4.69) is 10.4 Å². The van der Waals surface area contributed by atoms with Crippen LogP contribution in [0.4, 0.5) is 0 Å². The lowest BCUT2D eigenvalue weighted by Crippen LogP contribution is -2.44. The Morgan fingerprint density at radius 1 is 1.53 bits per heavy atom. The summed E-state index contributed by atoms with van der Waals surface area (Å²) in [6, 6.07) is 1.97. The number of H-pyrrole nitrogens is 1. The number of nitrogens with one attached hydrogen (secondary N) is 2. The lowest BCUT2D eigenvalue weighted by Gasteiger charge is -2.21. The summed E-state index contributed by atoms with van der Waals surface area (Å²) in [6.07, 6.45) is 1.84. The molecule has 0 aliphatic heterocycles. The van der Waals surface area contributed by atoms with Crippen LogP contribution in [0.25, 0.3) is 0 Å². The van der Waals surface area contributed by atoms with Crippen molar-refractivity contribution in [1.82, 2.24) is 15.1 Å². The Morgan fingerprint density at radius 2 is 2.21 bits per heavy atom. The minimum absolute atomic E-state index is 0.0509. The van der Waals surface area contributed by atoms with Crippen LogP contribution in [0.1, 0.15) is 6.92 Å². The third-order valence-electron chi connectivity index (χ3n) is 2.62. The Morgan fingerprint density at radius 3 is 2.79 bits per heavy atom. The highest BCUT2D eigenvalue weighted by atomic mass is 32.2. The maximum absolute atomic E-state index is 11.7. The smallest absolute Gasteiger partial charge is 0.265 e. The Kier molecular flexibility index (Phi) is 5.84. The van der Waals surface area contributed by atoms with Gasteiger partial charge in [-0.2, -0.15) is 11.8 Å². The maximum atomic E-state index is 11.7. The van der Waals surface area contributed by atoms with Crippen molar-refractivity contribution in [3.8, 4) is 0 Å². The second-order valence-electron chi connectivity index (χ2n) is 4.05. The van der Waals surface area contributed by atoms with Crippen LogP contribution in [0, 0.1) is 0 Å². The molecule has 1 rings (SSSR count). The molecular weight excluding hydrogens is 270 g/mol. The normalized spacial score (nSPS) is 13.8. The summed E-state index contributed by atoms with van der Waals surface area (Å²) >= 11 is 1.44. The summed E-state index contributed by atoms with van der Waals surface area (Å²) in [7, 11) is 0. The third kappa shape index (κ3) is 4.56. The van der Waals surface area contributed by atoms with Gasteiger partial charge < -0.3 is 10.4 Å². The number of rotatable bonds is 6. The molecule has 19 heavy (non-hydrogen) atoms. The molecule has 1 aromatic heterocycles. The fraction of sp³-hybridized carbons (Fsp3) is 0.545. The molecule has 8 heteroatoms. The van der Waals surface area contributed by atoms with Gasteiger partial charge in [-0.1, -0.05) is 0 Å². The van der Waals surface area contributed by atoms with Crippen LogP contribution in [-0.2, 0) is 11.3 Å². The first kappa shape index (κ1) is 15.5. The average Bonchev–Trinajstić information content (AvgIpc) is 2.35. The van der Waals surface area contributed by atoms with Crippen molar-refractivity contribution in [2.75, 3.05) is 12.9 Å². The molecule has 7 nitrogen and oxygen atoms in total. The first-order valence-corrected chi connectivity index (χ1v) is 7.00. The van der Waals surface area contributed by atoms with Crippen LogP contribution in [-0.4, -0.2) is 44.9 Å². The molecule has 1 amide bonds. The molecule has 3 N–H and O–H groups in total. The summed E-state index contributed by atoms with van der Waals surface area (Å²) in [5.74, 6) is -0.399. The molecule has 0 bridgehead atoms. The largest absolute Gasteiger partial charge is 0.395 e. The van der Waals surface area contributed by atoms with Crippen LogP contribution < -0.4 is 16.4 Å². The van der Waals surface area contributed by atoms with Crippen molar-refractivity contribution in [1.29, 1.82) is 0 Å². The van der Waals surface area contributed by atoms with Gasteiger partial charge in [0.05, 0.1) is 6.61 Å². The van der Waals surface area contributed by atoms with Crippen LogP contribution in [0.3, 0.4) is 0 Å². The van der Waals surface area contributed by atoms with E-state index < -0.39 is 17.0 Å². The van der Waals surface area contributed by atoms with Crippen molar-refractivity contribution >= 4 is 17.7 Å². The number of aromatic nitrogens is 2. The maximum Gasteiger partial charge on any atom is 0.265 e. The van der Waals surface area contributed by atoms with Crippen LogP contribution in [0.15, 0.2) is 21.7 Å². The minimum Gasteiger partial charge on any atom is -0.395 e. The summed E-state index contributed by atoms with van der Waals surface area (Å²) in [5, 5.41) is 13.9. The monoisotopic (exact) mass is 287 g/mol. The third-order valence-corrected chi connectivity index (χ3v) is 3.78. The lowest BCUT2D eigenvalue weighted by molar-refractivity contribution is -0.122. The van der Waals surface area contributed by atoms with E-state index in [1.807, 2.05) is 6.26 Å². The summed E-state index contributed by atoms with van der Waals surface area (Å²) in [6.45, 7) is 1.46. The molecule has 0 radical (unpaired) electrons. The predicted octanol–water partition coefficient (Wildman–Crippen LogP) is -1.23. The van der Waals surface area contributed by atoms with Crippen molar-refractivity contribution < 1.29 is 9.90 Å². The average molecular weight is 287 g/mol. The second kappa shape index (κ2) is 7.15. The standard InChI is InChI=1S/C11H17N3O4S/c1-7(8(6-15)19-2)12-10(17)5-14-11(18)4-3-9(16)13-14/h3-4,7-8,15H,5-6H2,1-2H3,(H,12,17)(H,13,16). The Hall–Kier alpha value is -1.54. The van der Waals surface area contributed by atoms with Gasteiger partial charge >= 0.3 is 0 Å². The fourth-order valence-electron chi connectivity index (χ4n) is 1.55. The minimum atomic E-state index is -0.453. The number of hydrogen-bond donors (Lipinski definition) is 3. The van der Waals surface area contributed by atoms with Gasteiger partial charge in [0.25, 0.3) is 11.1 Å². The summed E-state index contributed by atoms with van der Waals surface area (Å²) in [4.78, 5) is 34.2. The highest BCUT2D eigenvalue weighted by molar-refractivity contribution is 7.99. The summed E-state index contributed by atoms with van der Waals surface area (Å²) in [5.41, 5.74) is -0.899. The summed E-state index contributed by atoms with van der Waals surface area (Å²) < 4.78 is 0.942. The van der Waals surface area contributed by atoms with Crippen LogP contribution >= 0.6 is 11.8 Å². The molecule has 1 heterocycles. The molecule has 0 aromatic carbocycles. The molecular formula is C11H17N3O4S. The molecule has 0 fully saturated rings. The molecule has 0 saturated carbocycles. The molecule has 1 aromatic rings. The zero-order chi connectivity index (χ0) is 14.4. The lowest BCUT2D eigenvalue weighted by atomic mass is 10.2. The number of carbonyl (C=O) groups excluding carboxylic acids is 1. The predicted molar refractivity (Wildman–Crippen MR) is 73.3 cm³/mol. The number of thioether (sulfide) groups is 1. The molecule has 0 aliphatic carbocycles. The number of aromatic amines is 1. The van der Waals surface area contributed by atoms with E-state index in [1.165, 1.54) is 11.8 Å². The van der Waals surface area contributed by atoms with Gasteiger partial charge in [-0.05, 0) is 13.2 Å². The first-order valence-electron chi connectivity index (χ1n) is 5.71. The van der Waals surface area contributed by atoms with Crippen LogP contribution in [0.2, 0.25) is 0 Å². The zero-order valence-electron chi connectivity index (χ0n) is 10.8. The number of nitrogens with zero attached hydrogens (tertiary/aromatic N) is 1. The number of carbonyl (C=O) groups is 1. The van der Waals surface area contributed by atoms with Gasteiger partial charge in [-0.25, -0.2) is 4.68 Å². The quantitative estimate of drug-likeness (QED) is 0.607. The van der Waals surface area contributed by atoms with Gasteiger partial charge in [0.15, 0.2) is 0 Å². The van der Waals surface area contributed by atoms with E-state index >= 15 is 0 Å². The topological polar surface area (TPSA) is 104 Å². The van der Waals surface area contributed by atoms with Gasteiger partial charge in [0.1, 0.15) is 6.54 Å². The molecule has 2 unspecified atom stereocenters. The molecule has 0 saturated heterocycles.